The Kier molecular flexibility index (Phi) is 4.27. The van der Waals surface area contributed by atoms with Crippen molar-refractivity contribution in [1.82, 2.24) is 19.9 Å². The Morgan fingerprint density at radius 3 is 2.82 bits per heavy atom. The smallest absolute Gasteiger partial charge is 0.1000 e. The summed E-state index contributed by atoms with van der Waals surface area (Å²) in [6.45, 7) is 6.53. The van der Waals surface area contributed by atoms with Gasteiger partial charge in [0.1, 0.15) is 0 Å². The first-order chi connectivity index (χ1) is 10.6. The molecule has 2 aromatic rings. The van der Waals surface area contributed by atoms with Crippen molar-refractivity contribution in [2.45, 2.75) is 32.7 Å². The minimum atomic E-state index is 0.00192. The highest BCUT2D eigenvalue weighted by molar-refractivity contribution is 5.30. The SMILES string of the molecule is CC(c1cn(-c2ccccc2)nn1)N1CCCC(C)(CO)C1. The van der Waals surface area contributed by atoms with E-state index in [4.69, 9.17) is 0 Å². The Hall–Kier alpha value is -1.72. The van der Waals surface area contributed by atoms with E-state index in [0.717, 1.165) is 37.3 Å². The van der Waals surface area contributed by atoms with E-state index in [1.54, 1.807) is 0 Å². The molecule has 1 aliphatic rings. The van der Waals surface area contributed by atoms with Gasteiger partial charge < -0.3 is 5.11 Å². The fourth-order valence-corrected chi connectivity index (χ4v) is 3.18. The molecule has 5 heteroatoms. The number of likely N-dealkylation sites (tertiary alicyclic amines) is 1. The van der Waals surface area contributed by atoms with Crippen molar-refractivity contribution in [3.05, 3.63) is 42.2 Å². The van der Waals surface area contributed by atoms with Crippen LogP contribution in [0.15, 0.2) is 36.5 Å². The molecule has 0 saturated carbocycles. The molecule has 1 aliphatic heterocycles. The lowest BCUT2D eigenvalue weighted by Gasteiger charge is -2.41. The maximum absolute atomic E-state index is 9.61. The van der Waals surface area contributed by atoms with Crippen LogP contribution >= 0.6 is 0 Å². The van der Waals surface area contributed by atoms with Gasteiger partial charge in [-0.05, 0) is 38.4 Å². The molecule has 3 rings (SSSR count). The van der Waals surface area contributed by atoms with Crippen molar-refractivity contribution in [1.29, 1.82) is 0 Å². The van der Waals surface area contributed by atoms with E-state index in [0.29, 0.717) is 0 Å². The first-order valence-electron chi connectivity index (χ1n) is 7.94. The van der Waals surface area contributed by atoms with Gasteiger partial charge in [-0.15, -0.1) is 5.10 Å². The molecule has 0 spiro atoms. The summed E-state index contributed by atoms with van der Waals surface area (Å²) in [4.78, 5) is 2.40. The molecule has 1 aromatic heterocycles. The van der Waals surface area contributed by atoms with Crippen LogP contribution in [0.5, 0.6) is 0 Å². The van der Waals surface area contributed by atoms with Gasteiger partial charge in [-0.1, -0.05) is 30.3 Å². The lowest BCUT2D eigenvalue weighted by atomic mass is 9.82. The van der Waals surface area contributed by atoms with E-state index in [9.17, 15) is 5.11 Å². The van der Waals surface area contributed by atoms with E-state index < -0.39 is 0 Å². The standard InChI is InChI=1S/C17H24N4O/c1-14(20-10-6-9-17(2,12-20)13-22)16-11-21(19-18-16)15-7-4-3-5-8-15/h3-5,7-8,11,14,22H,6,9-10,12-13H2,1-2H3. The molecule has 1 N–H and O–H groups in total. The Bertz CT molecular complexity index is 612. The number of para-hydroxylation sites is 1. The van der Waals surface area contributed by atoms with Crippen LogP contribution in [0.3, 0.4) is 0 Å². The van der Waals surface area contributed by atoms with Crippen LogP contribution in [0.25, 0.3) is 5.69 Å². The highest BCUT2D eigenvalue weighted by Crippen LogP contribution is 2.33. The Morgan fingerprint density at radius 2 is 2.09 bits per heavy atom. The normalized spacial score (nSPS) is 24.3. The number of aliphatic hydroxyl groups is 1. The third kappa shape index (κ3) is 3.05. The monoisotopic (exact) mass is 300 g/mol. The van der Waals surface area contributed by atoms with Crippen LogP contribution in [0.1, 0.15) is 38.4 Å². The topological polar surface area (TPSA) is 54.2 Å². The zero-order valence-electron chi connectivity index (χ0n) is 13.3. The molecule has 1 aromatic carbocycles. The number of hydrogen-bond acceptors (Lipinski definition) is 4. The molecule has 0 amide bonds. The summed E-state index contributed by atoms with van der Waals surface area (Å²) in [5, 5.41) is 18.2. The number of nitrogens with zero attached hydrogens (tertiary/aromatic N) is 4. The van der Waals surface area contributed by atoms with Crippen molar-refractivity contribution in [2.24, 2.45) is 5.41 Å². The molecule has 2 heterocycles. The zero-order chi connectivity index (χ0) is 15.6. The number of rotatable bonds is 4. The molecule has 2 unspecified atom stereocenters. The summed E-state index contributed by atoms with van der Waals surface area (Å²) in [7, 11) is 0. The number of piperidine rings is 1. The molecule has 118 valence electrons. The Balaban J connectivity index is 1.75. The van der Waals surface area contributed by atoms with Crippen molar-refractivity contribution >= 4 is 0 Å². The van der Waals surface area contributed by atoms with E-state index in [-0.39, 0.29) is 18.1 Å². The number of benzene rings is 1. The summed E-state index contributed by atoms with van der Waals surface area (Å²) in [6, 6.07) is 10.2. The predicted molar refractivity (Wildman–Crippen MR) is 85.8 cm³/mol. The van der Waals surface area contributed by atoms with Gasteiger partial charge in [0.05, 0.1) is 23.6 Å². The van der Waals surface area contributed by atoms with Crippen LogP contribution in [0, 0.1) is 5.41 Å². The summed E-state index contributed by atoms with van der Waals surface area (Å²) >= 11 is 0. The lowest BCUT2D eigenvalue weighted by Crippen LogP contribution is -2.44. The summed E-state index contributed by atoms with van der Waals surface area (Å²) in [6.07, 6.45) is 4.21. The number of aliphatic hydroxyl groups excluding tert-OH is 1. The van der Waals surface area contributed by atoms with Gasteiger partial charge in [0.25, 0.3) is 0 Å². The molecular formula is C17H24N4O. The molecular weight excluding hydrogens is 276 g/mol. The van der Waals surface area contributed by atoms with Crippen LogP contribution in [-0.2, 0) is 0 Å². The molecule has 22 heavy (non-hydrogen) atoms. The minimum Gasteiger partial charge on any atom is -0.396 e. The second kappa shape index (κ2) is 6.18. The van der Waals surface area contributed by atoms with Crippen LogP contribution in [0.4, 0.5) is 0 Å². The third-order valence-corrected chi connectivity index (χ3v) is 4.70. The van der Waals surface area contributed by atoms with Gasteiger partial charge in [-0.2, -0.15) is 0 Å². The molecule has 0 aliphatic carbocycles. The van der Waals surface area contributed by atoms with E-state index >= 15 is 0 Å². The van der Waals surface area contributed by atoms with Crippen molar-refractivity contribution in [3.8, 4) is 5.69 Å². The minimum absolute atomic E-state index is 0.00192. The van der Waals surface area contributed by atoms with Gasteiger partial charge in [-0.25, -0.2) is 4.68 Å². The molecule has 0 radical (unpaired) electrons. The van der Waals surface area contributed by atoms with E-state index in [2.05, 4.69) is 29.1 Å². The van der Waals surface area contributed by atoms with Crippen molar-refractivity contribution in [2.75, 3.05) is 19.7 Å². The average molecular weight is 300 g/mol. The predicted octanol–water partition coefficient (Wildman–Crippen LogP) is 2.42. The molecule has 1 fully saturated rings. The van der Waals surface area contributed by atoms with Crippen LogP contribution < -0.4 is 0 Å². The van der Waals surface area contributed by atoms with Gasteiger partial charge in [0, 0.05) is 18.6 Å². The van der Waals surface area contributed by atoms with Crippen LogP contribution in [-0.4, -0.2) is 44.7 Å². The zero-order valence-corrected chi connectivity index (χ0v) is 13.3. The van der Waals surface area contributed by atoms with Gasteiger partial charge >= 0.3 is 0 Å². The van der Waals surface area contributed by atoms with Gasteiger partial charge in [-0.3, -0.25) is 4.90 Å². The molecule has 0 bridgehead atoms. The maximum Gasteiger partial charge on any atom is 0.1000 e. The van der Waals surface area contributed by atoms with Crippen molar-refractivity contribution in [3.63, 3.8) is 0 Å². The lowest BCUT2D eigenvalue weighted by molar-refractivity contribution is 0.0272. The average Bonchev–Trinajstić information content (AvgIpc) is 3.05. The van der Waals surface area contributed by atoms with E-state index in [1.165, 1.54) is 0 Å². The second-order valence-electron chi connectivity index (χ2n) is 6.64. The Morgan fingerprint density at radius 1 is 1.32 bits per heavy atom. The van der Waals surface area contributed by atoms with Gasteiger partial charge in [0.2, 0.25) is 0 Å². The first kappa shape index (κ1) is 15.2. The Labute approximate surface area is 131 Å². The second-order valence-corrected chi connectivity index (χ2v) is 6.64. The number of hydrogen-bond donors (Lipinski definition) is 1. The summed E-state index contributed by atoms with van der Waals surface area (Å²) < 4.78 is 1.82. The molecule has 5 nitrogen and oxygen atoms in total. The first-order valence-corrected chi connectivity index (χ1v) is 7.94. The largest absolute Gasteiger partial charge is 0.396 e. The fraction of sp³-hybridized carbons (Fsp3) is 0.529. The fourth-order valence-electron chi connectivity index (χ4n) is 3.18. The quantitative estimate of drug-likeness (QED) is 0.942. The molecule has 2 atom stereocenters. The summed E-state index contributed by atoms with van der Waals surface area (Å²) in [5.74, 6) is 0. The maximum atomic E-state index is 9.61. The number of aromatic nitrogens is 3. The van der Waals surface area contributed by atoms with Crippen molar-refractivity contribution < 1.29 is 5.11 Å². The highest BCUT2D eigenvalue weighted by Gasteiger charge is 2.33. The van der Waals surface area contributed by atoms with Crippen LogP contribution in [0.2, 0.25) is 0 Å². The molecule has 1 saturated heterocycles. The highest BCUT2D eigenvalue weighted by atomic mass is 16.3. The van der Waals surface area contributed by atoms with E-state index in [1.807, 2.05) is 41.2 Å². The van der Waals surface area contributed by atoms with Gasteiger partial charge in [0.15, 0.2) is 0 Å². The third-order valence-electron chi connectivity index (χ3n) is 4.70. The summed E-state index contributed by atoms with van der Waals surface area (Å²) in [5.41, 5.74) is 2.00.